The average molecular weight is 177 g/mol. The maximum Gasteiger partial charge on any atom is 0.289 e. The van der Waals surface area contributed by atoms with E-state index in [2.05, 4.69) is 12.6 Å². The highest BCUT2D eigenvalue weighted by molar-refractivity contribution is 8.22. The van der Waals surface area contributed by atoms with Gasteiger partial charge in [0.05, 0.1) is 0 Å². The average Bonchev–Trinajstić information content (AvgIpc) is 2.09. The number of thiol groups is 1. The van der Waals surface area contributed by atoms with Crippen LogP contribution in [0.3, 0.4) is 0 Å². The van der Waals surface area contributed by atoms with Gasteiger partial charge >= 0.3 is 0 Å². The zero-order valence-corrected chi connectivity index (χ0v) is 7.11. The molecule has 0 spiro atoms. The van der Waals surface area contributed by atoms with Crippen molar-refractivity contribution < 1.29 is 9.59 Å². The number of hydrogen-bond donors (Lipinski definition) is 1. The van der Waals surface area contributed by atoms with E-state index in [0.717, 1.165) is 11.8 Å². The van der Waals surface area contributed by atoms with E-state index >= 15 is 0 Å². The summed E-state index contributed by atoms with van der Waals surface area (Å²) in [5.41, 5.74) is 0. The Balaban J connectivity index is 2.74. The minimum atomic E-state index is -0.479. The lowest BCUT2D eigenvalue weighted by atomic mass is 10.5. The van der Waals surface area contributed by atoms with Crippen LogP contribution < -0.4 is 0 Å². The smallest absolute Gasteiger partial charge is 0.272 e. The minimum Gasteiger partial charge on any atom is -0.272 e. The molecule has 1 saturated heterocycles. The third-order valence-corrected chi connectivity index (χ3v) is 2.61. The van der Waals surface area contributed by atoms with Crippen molar-refractivity contribution in [2.45, 2.75) is 11.5 Å². The summed E-state index contributed by atoms with van der Waals surface area (Å²) in [7, 11) is 0. The second-order valence-corrected chi connectivity index (χ2v) is 3.74. The Morgan fingerprint density at radius 3 is 2.50 bits per heavy atom. The van der Waals surface area contributed by atoms with Gasteiger partial charge in [-0.05, 0) is 18.7 Å². The van der Waals surface area contributed by atoms with Crippen LogP contribution in [-0.4, -0.2) is 27.2 Å². The molecule has 0 aliphatic carbocycles. The van der Waals surface area contributed by atoms with Gasteiger partial charge < -0.3 is 0 Å². The van der Waals surface area contributed by atoms with Gasteiger partial charge in [-0.1, -0.05) is 0 Å². The number of rotatable bonds is 1. The molecule has 0 aromatic carbocycles. The number of imide groups is 1. The minimum absolute atomic E-state index is 0.187. The van der Waals surface area contributed by atoms with E-state index in [-0.39, 0.29) is 11.1 Å². The van der Waals surface area contributed by atoms with Gasteiger partial charge in [-0.25, -0.2) is 0 Å². The molecule has 0 saturated carbocycles. The Kier molecular flexibility index (Phi) is 2.25. The summed E-state index contributed by atoms with van der Waals surface area (Å²) >= 11 is 4.87. The molecule has 10 heavy (non-hydrogen) atoms. The number of hydrogen-bond acceptors (Lipinski definition) is 4. The first-order chi connectivity index (χ1) is 4.66. The van der Waals surface area contributed by atoms with Crippen LogP contribution >= 0.6 is 24.4 Å². The maximum absolute atomic E-state index is 11.0. The molecular weight excluding hydrogens is 170 g/mol. The first kappa shape index (κ1) is 7.94. The molecule has 1 atom stereocenters. The maximum atomic E-state index is 11.0. The van der Waals surface area contributed by atoms with E-state index in [9.17, 15) is 9.59 Å². The molecular formula is C5H7NO2S2. The predicted molar refractivity (Wildman–Crippen MR) is 43.1 cm³/mol. The van der Waals surface area contributed by atoms with Crippen molar-refractivity contribution in [3.63, 3.8) is 0 Å². The molecule has 1 unspecified atom stereocenters. The molecule has 0 N–H and O–H groups in total. The van der Waals surface area contributed by atoms with E-state index < -0.39 is 4.58 Å². The van der Waals surface area contributed by atoms with Gasteiger partial charge in [0, 0.05) is 6.54 Å². The van der Waals surface area contributed by atoms with Crippen LogP contribution in [-0.2, 0) is 4.79 Å². The lowest BCUT2D eigenvalue weighted by molar-refractivity contribution is -0.125. The van der Waals surface area contributed by atoms with Crippen molar-refractivity contribution in [3.8, 4) is 0 Å². The summed E-state index contributed by atoms with van der Waals surface area (Å²) in [4.78, 5) is 23.0. The molecule has 1 fully saturated rings. The molecule has 0 radical (unpaired) electrons. The molecule has 1 rings (SSSR count). The Hall–Kier alpha value is -0.160. The van der Waals surface area contributed by atoms with Crippen molar-refractivity contribution in [3.05, 3.63) is 0 Å². The fraction of sp³-hybridized carbons (Fsp3) is 0.600. The number of carbonyl (C=O) groups excluding carboxylic acids is 2. The molecule has 1 heterocycles. The van der Waals surface area contributed by atoms with E-state index in [1.54, 1.807) is 6.92 Å². The summed E-state index contributed by atoms with van der Waals surface area (Å²) in [5.74, 6) is -0.194. The van der Waals surface area contributed by atoms with E-state index in [1.165, 1.54) is 4.90 Å². The topological polar surface area (TPSA) is 37.4 Å². The highest BCUT2D eigenvalue weighted by Gasteiger charge is 2.35. The normalized spacial score (nSPS) is 26.2. The Bertz CT molecular complexity index is 182. The molecule has 3 nitrogen and oxygen atoms in total. The zero-order chi connectivity index (χ0) is 7.72. The second-order valence-electron chi connectivity index (χ2n) is 1.82. The van der Waals surface area contributed by atoms with Gasteiger partial charge in [0.2, 0.25) is 0 Å². The standard InChI is InChI=1S/C5H7NO2S2/c1-2-6-3(7)4(9)10-5(6)8/h4,9H,2H2,1H3. The van der Waals surface area contributed by atoms with E-state index in [4.69, 9.17) is 0 Å². The van der Waals surface area contributed by atoms with Crippen LogP contribution in [0.15, 0.2) is 0 Å². The van der Waals surface area contributed by atoms with Gasteiger partial charge in [-0.15, -0.1) is 0 Å². The van der Waals surface area contributed by atoms with Crippen LogP contribution in [0.1, 0.15) is 6.92 Å². The Labute approximate surface area is 68.6 Å². The Morgan fingerprint density at radius 2 is 2.30 bits per heavy atom. The van der Waals surface area contributed by atoms with Gasteiger partial charge in [-0.3, -0.25) is 14.5 Å². The number of amides is 2. The fourth-order valence-electron chi connectivity index (χ4n) is 0.718. The lowest BCUT2D eigenvalue weighted by Crippen LogP contribution is -2.29. The summed E-state index contributed by atoms with van der Waals surface area (Å²) in [6.45, 7) is 2.21. The summed E-state index contributed by atoms with van der Waals surface area (Å²) in [6, 6.07) is 0. The molecule has 0 aromatic rings. The van der Waals surface area contributed by atoms with Crippen LogP contribution in [0, 0.1) is 0 Å². The van der Waals surface area contributed by atoms with Crippen LogP contribution in [0.5, 0.6) is 0 Å². The third kappa shape index (κ3) is 1.15. The molecule has 0 bridgehead atoms. The van der Waals surface area contributed by atoms with Crippen LogP contribution in [0.4, 0.5) is 4.79 Å². The number of carbonyl (C=O) groups is 2. The molecule has 0 aromatic heterocycles. The van der Waals surface area contributed by atoms with Crippen molar-refractivity contribution in [2.24, 2.45) is 0 Å². The fourth-order valence-corrected chi connectivity index (χ4v) is 1.89. The Morgan fingerprint density at radius 1 is 1.70 bits per heavy atom. The predicted octanol–water partition coefficient (Wildman–Crippen LogP) is 0.958. The lowest BCUT2D eigenvalue weighted by Gasteiger charge is -2.07. The zero-order valence-electron chi connectivity index (χ0n) is 5.40. The van der Waals surface area contributed by atoms with Crippen molar-refractivity contribution in [2.75, 3.05) is 6.54 Å². The molecule has 56 valence electrons. The van der Waals surface area contributed by atoms with Crippen LogP contribution in [0.2, 0.25) is 0 Å². The SMILES string of the molecule is CCN1C(=O)SC(S)C1=O. The number of nitrogens with zero attached hydrogens (tertiary/aromatic N) is 1. The highest BCUT2D eigenvalue weighted by Crippen LogP contribution is 2.28. The largest absolute Gasteiger partial charge is 0.289 e. The summed E-state index contributed by atoms with van der Waals surface area (Å²) in [5, 5.41) is -0.187. The first-order valence-electron chi connectivity index (χ1n) is 2.87. The third-order valence-electron chi connectivity index (χ3n) is 1.23. The van der Waals surface area contributed by atoms with Crippen molar-refractivity contribution in [1.29, 1.82) is 0 Å². The van der Waals surface area contributed by atoms with E-state index in [0.29, 0.717) is 6.54 Å². The van der Waals surface area contributed by atoms with Crippen LogP contribution in [0.25, 0.3) is 0 Å². The van der Waals surface area contributed by atoms with Crippen molar-refractivity contribution in [1.82, 2.24) is 4.90 Å². The number of thioether (sulfide) groups is 1. The van der Waals surface area contributed by atoms with Gasteiger partial charge in [-0.2, -0.15) is 12.6 Å². The molecule has 2 amide bonds. The quantitative estimate of drug-likeness (QED) is 0.606. The molecule has 1 aliphatic rings. The second kappa shape index (κ2) is 2.84. The summed E-state index contributed by atoms with van der Waals surface area (Å²) < 4.78 is -0.479. The van der Waals surface area contributed by atoms with Gasteiger partial charge in [0.1, 0.15) is 4.58 Å². The van der Waals surface area contributed by atoms with Gasteiger partial charge in [0.25, 0.3) is 11.1 Å². The first-order valence-corrected chi connectivity index (χ1v) is 4.26. The monoisotopic (exact) mass is 177 g/mol. The van der Waals surface area contributed by atoms with Crippen molar-refractivity contribution >= 4 is 35.5 Å². The summed E-state index contributed by atoms with van der Waals surface area (Å²) in [6.07, 6.45) is 0. The van der Waals surface area contributed by atoms with Gasteiger partial charge in [0.15, 0.2) is 0 Å². The highest BCUT2D eigenvalue weighted by atomic mass is 32.2. The molecule has 5 heteroatoms. The molecule has 1 aliphatic heterocycles. The van der Waals surface area contributed by atoms with E-state index in [1.807, 2.05) is 0 Å².